The Labute approximate surface area is 192 Å². The Morgan fingerprint density at radius 3 is 2.48 bits per heavy atom. The van der Waals surface area contributed by atoms with E-state index in [0.717, 1.165) is 17.7 Å². The number of carbonyl (C=O) groups is 1. The van der Waals surface area contributed by atoms with Crippen molar-refractivity contribution in [2.45, 2.75) is 17.9 Å². The van der Waals surface area contributed by atoms with Crippen LogP contribution in [-0.2, 0) is 16.6 Å². The highest BCUT2D eigenvalue weighted by atomic mass is 32.2. The third kappa shape index (κ3) is 5.55. The van der Waals surface area contributed by atoms with E-state index in [2.05, 4.69) is 4.98 Å². The Balaban J connectivity index is 1.41. The van der Waals surface area contributed by atoms with Crippen LogP contribution in [0.4, 0.5) is 4.39 Å². The molecule has 0 aliphatic carbocycles. The Kier molecular flexibility index (Phi) is 7.00. The van der Waals surface area contributed by atoms with Crippen molar-refractivity contribution in [1.82, 2.24) is 14.2 Å². The average molecular weight is 470 g/mol. The molecule has 7 nitrogen and oxygen atoms in total. The molecule has 33 heavy (non-hydrogen) atoms. The number of nitrogens with zero attached hydrogens (tertiary/aromatic N) is 3. The fourth-order valence-electron chi connectivity index (χ4n) is 3.63. The molecule has 1 amide bonds. The summed E-state index contributed by atoms with van der Waals surface area (Å²) in [4.78, 5) is 18.9. The number of halogens is 1. The predicted octanol–water partition coefficient (Wildman–Crippen LogP) is 3.34. The van der Waals surface area contributed by atoms with E-state index in [9.17, 15) is 17.6 Å². The van der Waals surface area contributed by atoms with Crippen molar-refractivity contribution in [3.63, 3.8) is 0 Å². The van der Waals surface area contributed by atoms with Crippen LogP contribution >= 0.6 is 0 Å². The predicted molar refractivity (Wildman–Crippen MR) is 121 cm³/mol. The zero-order valence-corrected chi connectivity index (χ0v) is 18.7. The molecular weight excluding hydrogens is 445 g/mol. The monoisotopic (exact) mass is 469 g/mol. The maximum absolute atomic E-state index is 13.2. The van der Waals surface area contributed by atoms with Crippen LogP contribution in [0.5, 0.6) is 5.88 Å². The summed E-state index contributed by atoms with van der Waals surface area (Å²) in [7, 11) is -3.76. The number of carbonyl (C=O) groups excluding carboxylic acids is 1. The summed E-state index contributed by atoms with van der Waals surface area (Å²) >= 11 is 0. The fraction of sp³-hybridized carbons (Fsp3) is 0.250. The van der Waals surface area contributed by atoms with E-state index < -0.39 is 15.8 Å². The molecular formula is C24H24FN3O4S. The van der Waals surface area contributed by atoms with E-state index in [-0.39, 0.29) is 30.4 Å². The van der Waals surface area contributed by atoms with E-state index >= 15 is 0 Å². The molecule has 3 aromatic rings. The lowest BCUT2D eigenvalue weighted by Gasteiger charge is -2.22. The van der Waals surface area contributed by atoms with Gasteiger partial charge in [-0.1, -0.05) is 30.3 Å². The molecule has 0 saturated carbocycles. The Morgan fingerprint density at radius 2 is 1.73 bits per heavy atom. The second-order valence-electron chi connectivity index (χ2n) is 7.66. The highest BCUT2D eigenvalue weighted by Gasteiger charge is 2.28. The molecule has 1 aliphatic heterocycles. The van der Waals surface area contributed by atoms with Crippen LogP contribution in [-0.4, -0.2) is 54.7 Å². The number of pyridine rings is 1. The van der Waals surface area contributed by atoms with Gasteiger partial charge in [0.15, 0.2) is 0 Å². The quantitative estimate of drug-likeness (QED) is 0.553. The standard InChI is InChI=1S/C24H24FN3O4S/c25-21-7-9-22(10-8-21)33(30,31)28-14-4-13-27(15-16-28)24(29)20-11-12-26-23(17-20)32-18-19-5-2-1-3-6-19/h1-3,5-12,17H,4,13-16,18H2. The van der Waals surface area contributed by atoms with Gasteiger partial charge in [-0.15, -0.1) is 0 Å². The molecule has 0 N–H and O–H groups in total. The molecule has 2 aromatic carbocycles. The molecule has 1 saturated heterocycles. The van der Waals surface area contributed by atoms with Crippen molar-refractivity contribution in [3.05, 3.63) is 89.9 Å². The molecule has 0 unspecified atom stereocenters. The molecule has 0 spiro atoms. The van der Waals surface area contributed by atoms with Gasteiger partial charge in [0.05, 0.1) is 4.90 Å². The second-order valence-corrected chi connectivity index (χ2v) is 9.60. The van der Waals surface area contributed by atoms with Crippen molar-refractivity contribution in [2.24, 2.45) is 0 Å². The Morgan fingerprint density at radius 1 is 0.970 bits per heavy atom. The van der Waals surface area contributed by atoms with Gasteiger partial charge < -0.3 is 9.64 Å². The van der Waals surface area contributed by atoms with Crippen LogP contribution in [0.2, 0.25) is 0 Å². The van der Waals surface area contributed by atoms with Gasteiger partial charge >= 0.3 is 0 Å². The molecule has 1 aliphatic rings. The lowest BCUT2D eigenvalue weighted by atomic mass is 10.2. The van der Waals surface area contributed by atoms with Crippen molar-refractivity contribution >= 4 is 15.9 Å². The van der Waals surface area contributed by atoms with Crippen LogP contribution in [0.25, 0.3) is 0 Å². The summed E-state index contributed by atoms with van der Waals surface area (Å²) in [6, 6.07) is 17.6. The van der Waals surface area contributed by atoms with E-state index in [1.807, 2.05) is 30.3 Å². The van der Waals surface area contributed by atoms with E-state index in [1.54, 1.807) is 17.0 Å². The third-order valence-corrected chi connectivity index (χ3v) is 7.32. The Bertz CT molecular complexity index is 1200. The fourth-order valence-corrected chi connectivity index (χ4v) is 5.10. The van der Waals surface area contributed by atoms with Crippen molar-refractivity contribution < 1.29 is 22.3 Å². The molecule has 4 rings (SSSR count). The van der Waals surface area contributed by atoms with Gasteiger partial charge in [0.2, 0.25) is 15.9 Å². The molecule has 172 valence electrons. The summed E-state index contributed by atoms with van der Waals surface area (Å²) < 4.78 is 46.1. The van der Waals surface area contributed by atoms with Gasteiger partial charge in [-0.2, -0.15) is 4.31 Å². The highest BCUT2D eigenvalue weighted by Crippen LogP contribution is 2.20. The van der Waals surface area contributed by atoms with E-state index in [4.69, 9.17) is 4.74 Å². The molecule has 0 radical (unpaired) electrons. The number of benzene rings is 2. The van der Waals surface area contributed by atoms with Gasteiger partial charge in [0.1, 0.15) is 12.4 Å². The van der Waals surface area contributed by atoms with Gasteiger partial charge in [-0.3, -0.25) is 4.79 Å². The minimum absolute atomic E-state index is 0.0398. The molecule has 2 heterocycles. The van der Waals surface area contributed by atoms with E-state index in [0.29, 0.717) is 31.0 Å². The van der Waals surface area contributed by atoms with Gasteiger partial charge in [-0.05, 0) is 42.3 Å². The molecule has 1 aromatic heterocycles. The van der Waals surface area contributed by atoms with Crippen LogP contribution < -0.4 is 4.74 Å². The first-order chi connectivity index (χ1) is 15.9. The maximum atomic E-state index is 13.2. The topological polar surface area (TPSA) is 79.8 Å². The minimum atomic E-state index is -3.76. The first kappa shape index (κ1) is 22.9. The van der Waals surface area contributed by atoms with Crippen molar-refractivity contribution in [1.29, 1.82) is 0 Å². The zero-order valence-electron chi connectivity index (χ0n) is 17.9. The van der Waals surface area contributed by atoms with Crippen molar-refractivity contribution in [3.8, 4) is 5.88 Å². The van der Waals surface area contributed by atoms with Crippen LogP contribution in [0.15, 0.2) is 77.8 Å². The molecule has 1 fully saturated rings. The number of rotatable bonds is 6. The molecule has 0 bridgehead atoms. The maximum Gasteiger partial charge on any atom is 0.254 e. The Hall–Kier alpha value is -3.30. The lowest BCUT2D eigenvalue weighted by molar-refractivity contribution is 0.0763. The molecule has 0 atom stereocenters. The summed E-state index contributed by atoms with van der Waals surface area (Å²) in [6.07, 6.45) is 2.02. The lowest BCUT2D eigenvalue weighted by Crippen LogP contribution is -2.37. The third-order valence-electron chi connectivity index (χ3n) is 5.40. The normalized spacial score (nSPS) is 15.1. The largest absolute Gasteiger partial charge is 0.473 e. The SMILES string of the molecule is O=C(c1ccnc(OCc2ccccc2)c1)N1CCCN(S(=O)(=O)c2ccc(F)cc2)CC1. The van der Waals surface area contributed by atoms with Gasteiger partial charge in [-0.25, -0.2) is 17.8 Å². The van der Waals surface area contributed by atoms with Gasteiger partial charge in [0, 0.05) is 44.0 Å². The number of sulfonamides is 1. The number of amides is 1. The average Bonchev–Trinajstić information content (AvgIpc) is 3.10. The van der Waals surface area contributed by atoms with E-state index in [1.165, 1.54) is 22.6 Å². The van der Waals surface area contributed by atoms with Crippen LogP contribution in [0.1, 0.15) is 22.3 Å². The first-order valence-electron chi connectivity index (χ1n) is 10.6. The van der Waals surface area contributed by atoms with Crippen molar-refractivity contribution in [2.75, 3.05) is 26.2 Å². The highest BCUT2D eigenvalue weighted by molar-refractivity contribution is 7.89. The number of hydrogen-bond donors (Lipinski definition) is 0. The minimum Gasteiger partial charge on any atom is -0.473 e. The number of aromatic nitrogens is 1. The van der Waals surface area contributed by atoms with Gasteiger partial charge in [0.25, 0.3) is 5.91 Å². The van der Waals surface area contributed by atoms with Crippen LogP contribution in [0, 0.1) is 5.82 Å². The summed E-state index contributed by atoms with van der Waals surface area (Å²) in [5.41, 5.74) is 1.42. The molecule has 9 heteroatoms. The first-order valence-corrected chi connectivity index (χ1v) is 12.1. The zero-order chi connectivity index (χ0) is 23.3. The summed E-state index contributed by atoms with van der Waals surface area (Å²) in [5, 5.41) is 0. The number of ether oxygens (including phenoxy) is 1. The summed E-state index contributed by atoms with van der Waals surface area (Å²) in [6.45, 7) is 1.46. The van der Waals surface area contributed by atoms with Crippen LogP contribution in [0.3, 0.4) is 0 Å². The second kappa shape index (κ2) is 10.1. The number of hydrogen-bond acceptors (Lipinski definition) is 5. The smallest absolute Gasteiger partial charge is 0.254 e. The summed E-state index contributed by atoms with van der Waals surface area (Å²) in [5.74, 6) is -0.353.